The van der Waals surface area contributed by atoms with E-state index in [2.05, 4.69) is 25.8 Å². The molecule has 1 saturated heterocycles. The van der Waals surface area contributed by atoms with Crippen molar-refractivity contribution in [2.75, 3.05) is 13.1 Å². The molecule has 2 amide bonds. The van der Waals surface area contributed by atoms with Gasteiger partial charge in [-0.3, -0.25) is 19.6 Å². The summed E-state index contributed by atoms with van der Waals surface area (Å²) >= 11 is 0. The number of amides is 2. The van der Waals surface area contributed by atoms with Crippen molar-refractivity contribution < 1.29 is 14.0 Å². The van der Waals surface area contributed by atoms with Crippen LogP contribution >= 0.6 is 0 Å². The average molecular weight is 360 g/mol. The zero-order valence-corrected chi connectivity index (χ0v) is 14.5. The first-order chi connectivity index (χ1) is 12.5. The van der Waals surface area contributed by atoms with Crippen molar-refractivity contribution in [1.82, 2.24) is 30.7 Å². The number of nitrogens with zero attached hydrogens (tertiary/aromatic N) is 3. The number of nitrogens with one attached hydrogen (secondary N) is 3. The Morgan fingerprint density at radius 1 is 1.42 bits per heavy atom. The summed E-state index contributed by atoms with van der Waals surface area (Å²) < 4.78 is 13.9. The van der Waals surface area contributed by atoms with E-state index in [1.165, 1.54) is 6.07 Å². The summed E-state index contributed by atoms with van der Waals surface area (Å²) in [5.41, 5.74) is 0.504. The third-order valence-corrected chi connectivity index (χ3v) is 4.24. The molecule has 1 unspecified atom stereocenters. The van der Waals surface area contributed by atoms with Crippen LogP contribution in [0.1, 0.15) is 23.6 Å². The molecular formula is C17H21FN6O2. The standard InChI is InChI=1S/C17H21FN6O2/c1-11-21-15(23-22-11)9-20-16(25)8-14-17(26)19-6-7-24(14)10-12-4-2-3-5-13(12)18/h2-5,14H,6-10H2,1H3,(H,19,26)(H,20,25)(H,21,22,23). The van der Waals surface area contributed by atoms with Crippen molar-refractivity contribution in [3.63, 3.8) is 0 Å². The minimum Gasteiger partial charge on any atom is -0.353 e. The maximum atomic E-state index is 13.9. The summed E-state index contributed by atoms with van der Waals surface area (Å²) in [7, 11) is 0. The lowest BCUT2D eigenvalue weighted by atomic mass is 10.1. The lowest BCUT2D eigenvalue weighted by molar-refractivity contribution is -0.134. The predicted octanol–water partition coefficient (Wildman–Crippen LogP) is 0.259. The van der Waals surface area contributed by atoms with Gasteiger partial charge >= 0.3 is 0 Å². The number of benzene rings is 1. The quantitative estimate of drug-likeness (QED) is 0.686. The number of H-pyrrole nitrogens is 1. The summed E-state index contributed by atoms with van der Waals surface area (Å²) in [5, 5.41) is 12.1. The van der Waals surface area contributed by atoms with Crippen LogP contribution < -0.4 is 10.6 Å². The Hall–Kier alpha value is -2.81. The largest absolute Gasteiger partial charge is 0.353 e. The molecule has 1 fully saturated rings. The highest BCUT2D eigenvalue weighted by molar-refractivity contribution is 5.88. The molecule has 1 aliphatic heterocycles. The molecule has 1 aromatic carbocycles. The van der Waals surface area contributed by atoms with E-state index in [1.54, 1.807) is 25.1 Å². The van der Waals surface area contributed by atoms with Crippen LogP contribution in [0.15, 0.2) is 24.3 Å². The smallest absolute Gasteiger partial charge is 0.237 e. The summed E-state index contributed by atoms with van der Waals surface area (Å²) in [6.07, 6.45) is -0.0102. The molecular weight excluding hydrogens is 339 g/mol. The first-order valence-electron chi connectivity index (χ1n) is 8.42. The van der Waals surface area contributed by atoms with Crippen molar-refractivity contribution >= 4 is 11.8 Å². The van der Waals surface area contributed by atoms with E-state index in [0.717, 1.165) is 0 Å². The molecule has 2 heterocycles. The molecule has 3 rings (SSSR count). The number of piperazine rings is 1. The second kappa shape index (κ2) is 8.05. The number of aromatic nitrogens is 3. The van der Waals surface area contributed by atoms with Gasteiger partial charge in [0, 0.05) is 25.2 Å². The van der Waals surface area contributed by atoms with Crippen molar-refractivity contribution in [3.05, 3.63) is 47.3 Å². The Bertz CT molecular complexity index is 793. The van der Waals surface area contributed by atoms with Gasteiger partial charge in [0.15, 0.2) is 5.82 Å². The van der Waals surface area contributed by atoms with Crippen LogP contribution in [0.2, 0.25) is 0 Å². The van der Waals surface area contributed by atoms with Gasteiger partial charge in [0.1, 0.15) is 11.6 Å². The van der Waals surface area contributed by atoms with Crippen molar-refractivity contribution in [1.29, 1.82) is 0 Å². The fourth-order valence-corrected chi connectivity index (χ4v) is 2.91. The van der Waals surface area contributed by atoms with Gasteiger partial charge < -0.3 is 10.6 Å². The third-order valence-electron chi connectivity index (χ3n) is 4.24. The predicted molar refractivity (Wildman–Crippen MR) is 91.2 cm³/mol. The molecule has 8 nitrogen and oxygen atoms in total. The van der Waals surface area contributed by atoms with Gasteiger partial charge in [0.2, 0.25) is 11.8 Å². The van der Waals surface area contributed by atoms with Crippen molar-refractivity contribution in [2.24, 2.45) is 0 Å². The first-order valence-corrected chi connectivity index (χ1v) is 8.42. The van der Waals surface area contributed by atoms with Crippen LogP contribution in [-0.2, 0) is 22.7 Å². The fraction of sp³-hybridized carbons (Fsp3) is 0.412. The summed E-state index contributed by atoms with van der Waals surface area (Å²) in [4.78, 5) is 30.4. The van der Waals surface area contributed by atoms with Gasteiger partial charge in [-0.15, -0.1) is 0 Å². The third kappa shape index (κ3) is 4.42. The number of halogens is 1. The lowest BCUT2D eigenvalue weighted by Gasteiger charge is -2.34. The van der Waals surface area contributed by atoms with Crippen LogP contribution in [0.4, 0.5) is 4.39 Å². The van der Waals surface area contributed by atoms with Crippen LogP contribution in [0.25, 0.3) is 0 Å². The van der Waals surface area contributed by atoms with Gasteiger partial charge in [-0.1, -0.05) is 18.2 Å². The van der Waals surface area contributed by atoms with E-state index in [-0.39, 0.29) is 37.1 Å². The molecule has 26 heavy (non-hydrogen) atoms. The number of rotatable bonds is 6. The second-order valence-electron chi connectivity index (χ2n) is 6.19. The molecule has 0 spiro atoms. The molecule has 0 bridgehead atoms. The van der Waals surface area contributed by atoms with E-state index in [9.17, 15) is 14.0 Å². The highest BCUT2D eigenvalue weighted by Gasteiger charge is 2.31. The monoisotopic (exact) mass is 360 g/mol. The van der Waals surface area contributed by atoms with Gasteiger partial charge in [-0.05, 0) is 13.0 Å². The molecule has 0 saturated carbocycles. The number of hydrogen-bond acceptors (Lipinski definition) is 5. The van der Waals surface area contributed by atoms with Crippen molar-refractivity contribution in [3.8, 4) is 0 Å². The maximum absolute atomic E-state index is 13.9. The maximum Gasteiger partial charge on any atom is 0.237 e. The molecule has 1 aromatic heterocycles. The van der Waals surface area contributed by atoms with E-state index >= 15 is 0 Å². The highest BCUT2D eigenvalue weighted by atomic mass is 19.1. The first kappa shape index (κ1) is 18.0. The number of carbonyl (C=O) groups is 2. The van der Waals surface area contributed by atoms with E-state index in [0.29, 0.717) is 30.3 Å². The Balaban J connectivity index is 1.61. The molecule has 0 aliphatic carbocycles. The van der Waals surface area contributed by atoms with Crippen molar-refractivity contribution in [2.45, 2.75) is 32.5 Å². The highest BCUT2D eigenvalue weighted by Crippen LogP contribution is 2.16. The summed E-state index contributed by atoms with van der Waals surface area (Å²) in [6, 6.07) is 5.81. The van der Waals surface area contributed by atoms with E-state index in [4.69, 9.17) is 0 Å². The van der Waals surface area contributed by atoms with Crippen LogP contribution in [0, 0.1) is 12.7 Å². The zero-order valence-electron chi connectivity index (χ0n) is 14.5. The van der Waals surface area contributed by atoms with Crippen LogP contribution in [-0.4, -0.2) is 51.0 Å². The Labute approximate surface area is 150 Å². The Morgan fingerprint density at radius 3 is 2.96 bits per heavy atom. The number of aryl methyl sites for hydroxylation is 1. The molecule has 0 radical (unpaired) electrons. The SMILES string of the molecule is Cc1nc(CNC(=O)CC2C(=O)NCCN2Cc2ccccc2F)n[nH]1. The van der Waals surface area contributed by atoms with E-state index < -0.39 is 6.04 Å². The van der Waals surface area contributed by atoms with Crippen LogP contribution in [0.5, 0.6) is 0 Å². The topological polar surface area (TPSA) is 103 Å². The second-order valence-corrected chi connectivity index (χ2v) is 6.19. The Kier molecular flexibility index (Phi) is 5.57. The molecule has 138 valence electrons. The molecule has 3 N–H and O–H groups in total. The average Bonchev–Trinajstić information content (AvgIpc) is 3.03. The normalized spacial score (nSPS) is 17.8. The minimum absolute atomic E-state index is 0.0102. The number of carbonyl (C=O) groups excluding carboxylic acids is 2. The van der Waals surface area contributed by atoms with Gasteiger partial charge in [0.05, 0.1) is 19.0 Å². The lowest BCUT2D eigenvalue weighted by Crippen LogP contribution is -2.56. The molecule has 2 aromatic rings. The van der Waals surface area contributed by atoms with E-state index in [1.807, 2.05) is 4.90 Å². The van der Waals surface area contributed by atoms with Gasteiger partial charge in [-0.2, -0.15) is 5.10 Å². The molecule has 1 atom stereocenters. The van der Waals surface area contributed by atoms with Gasteiger partial charge in [-0.25, -0.2) is 9.37 Å². The molecule has 9 heteroatoms. The fourth-order valence-electron chi connectivity index (χ4n) is 2.91. The summed E-state index contributed by atoms with van der Waals surface area (Å²) in [5.74, 6) is 0.315. The molecule has 1 aliphatic rings. The number of aromatic amines is 1. The van der Waals surface area contributed by atoms with Crippen LogP contribution in [0.3, 0.4) is 0 Å². The zero-order chi connectivity index (χ0) is 18.5. The summed E-state index contributed by atoms with van der Waals surface area (Å²) in [6.45, 7) is 3.26. The number of hydrogen-bond donors (Lipinski definition) is 3. The van der Waals surface area contributed by atoms with Gasteiger partial charge in [0.25, 0.3) is 0 Å². The minimum atomic E-state index is -0.641. The Morgan fingerprint density at radius 2 is 2.23 bits per heavy atom.